The molecule has 0 saturated heterocycles. The van der Waals surface area contributed by atoms with Crippen molar-refractivity contribution in [1.29, 1.82) is 0 Å². The van der Waals surface area contributed by atoms with Gasteiger partial charge in [-0.2, -0.15) is 0 Å². The molecule has 0 spiro atoms. The maximum Gasteiger partial charge on any atom is 0.271 e. The summed E-state index contributed by atoms with van der Waals surface area (Å²) in [5, 5.41) is 7.54. The van der Waals surface area contributed by atoms with Crippen molar-refractivity contribution in [1.82, 2.24) is 15.3 Å². The average Bonchev–Trinajstić information content (AvgIpc) is 3.36. The highest BCUT2D eigenvalue weighted by Crippen LogP contribution is 2.30. The summed E-state index contributed by atoms with van der Waals surface area (Å²) in [6.07, 6.45) is 0.666. The Morgan fingerprint density at radius 2 is 1.79 bits per heavy atom. The van der Waals surface area contributed by atoms with E-state index in [2.05, 4.69) is 15.3 Å². The third-order valence-corrected chi connectivity index (χ3v) is 6.51. The van der Waals surface area contributed by atoms with Crippen molar-refractivity contribution in [3.63, 3.8) is 0 Å². The van der Waals surface area contributed by atoms with E-state index < -0.39 is 0 Å². The number of carbonyl (C=O) groups excluding carboxylic acids is 1. The SMILES string of the molecule is Cc1nc(C(=O)NCCc2csc(-c3ccc(Cl)cc3)n2)c(-c2ccccc2)s1. The van der Waals surface area contributed by atoms with Crippen molar-refractivity contribution in [2.75, 3.05) is 6.54 Å². The molecule has 0 fully saturated rings. The Kier molecular flexibility index (Phi) is 6.04. The summed E-state index contributed by atoms with van der Waals surface area (Å²) in [4.78, 5) is 22.7. The Hall–Kier alpha value is -2.54. The van der Waals surface area contributed by atoms with Crippen LogP contribution in [0.5, 0.6) is 0 Å². The second-order valence-electron chi connectivity index (χ2n) is 6.43. The third kappa shape index (κ3) is 4.72. The number of nitrogens with zero attached hydrogens (tertiary/aromatic N) is 2. The van der Waals surface area contributed by atoms with Crippen LogP contribution in [0.3, 0.4) is 0 Å². The molecule has 0 radical (unpaired) electrons. The lowest BCUT2D eigenvalue weighted by molar-refractivity contribution is 0.0950. The molecule has 0 saturated carbocycles. The average molecular weight is 440 g/mol. The van der Waals surface area contributed by atoms with Crippen molar-refractivity contribution < 1.29 is 4.79 Å². The molecule has 4 aromatic rings. The molecule has 0 unspecified atom stereocenters. The number of nitrogens with one attached hydrogen (secondary N) is 1. The van der Waals surface area contributed by atoms with Gasteiger partial charge in [0.15, 0.2) is 0 Å². The Morgan fingerprint density at radius 1 is 1.03 bits per heavy atom. The number of aromatic nitrogens is 2. The molecular weight excluding hydrogens is 422 g/mol. The molecule has 2 heterocycles. The molecule has 1 amide bonds. The van der Waals surface area contributed by atoms with E-state index in [0.29, 0.717) is 23.7 Å². The Labute approximate surface area is 182 Å². The molecule has 1 N–H and O–H groups in total. The molecule has 4 nitrogen and oxygen atoms in total. The summed E-state index contributed by atoms with van der Waals surface area (Å²) in [5.74, 6) is -0.152. The van der Waals surface area contributed by atoms with E-state index in [9.17, 15) is 4.79 Å². The van der Waals surface area contributed by atoms with E-state index in [-0.39, 0.29) is 5.91 Å². The van der Waals surface area contributed by atoms with Crippen molar-refractivity contribution >= 4 is 40.2 Å². The standard InChI is InChI=1S/C22H18ClN3OS2/c1-14-25-19(20(29-14)15-5-3-2-4-6-15)21(27)24-12-11-18-13-28-22(26-18)16-7-9-17(23)10-8-16/h2-10,13H,11-12H2,1H3,(H,24,27). The second-order valence-corrected chi connectivity index (χ2v) is 8.93. The first-order valence-corrected chi connectivity index (χ1v) is 11.2. The molecular formula is C22H18ClN3OS2. The fraction of sp³-hybridized carbons (Fsp3) is 0.136. The summed E-state index contributed by atoms with van der Waals surface area (Å²) in [5.41, 5.74) is 3.49. The third-order valence-electron chi connectivity index (χ3n) is 4.29. The molecule has 0 atom stereocenters. The largest absolute Gasteiger partial charge is 0.350 e. The molecule has 2 aromatic heterocycles. The summed E-state index contributed by atoms with van der Waals surface area (Å²) in [6.45, 7) is 2.43. The number of hydrogen-bond donors (Lipinski definition) is 1. The molecule has 2 aromatic carbocycles. The molecule has 0 aliphatic rings. The number of amides is 1. The Bertz CT molecular complexity index is 1120. The van der Waals surface area contributed by atoms with Gasteiger partial charge in [0.05, 0.1) is 15.6 Å². The minimum Gasteiger partial charge on any atom is -0.350 e. The fourth-order valence-corrected chi connectivity index (χ4v) is 4.81. The number of aryl methyl sites for hydroxylation is 1. The van der Waals surface area contributed by atoms with Crippen LogP contribution >= 0.6 is 34.3 Å². The van der Waals surface area contributed by atoms with Gasteiger partial charge < -0.3 is 5.32 Å². The minimum absolute atomic E-state index is 0.152. The first-order valence-electron chi connectivity index (χ1n) is 9.11. The smallest absolute Gasteiger partial charge is 0.271 e. The Balaban J connectivity index is 1.39. The van der Waals surface area contributed by atoms with Crippen molar-refractivity contribution in [3.05, 3.63) is 81.4 Å². The zero-order chi connectivity index (χ0) is 20.2. The van der Waals surface area contributed by atoms with E-state index in [0.717, 1.165) is 31.7 Å². The van der Waals surface area contributed by atoms with Crippen molar-refractivity contribution in [2.24, 2.45) is 0 Å². The van der Waals surface area contributed by atoms with Gasteiger partial charge in [0, 0.05) is 28.9 Å². The van der Waals surface area contributed by atoms with Crippen LogP contribution in [0, 0.1) is 6.92 Å². The number of rotatable bonds is 6. The van der Waals surface area contributed by atoms with Crippen LogP contribution in [0.15, 0.2) is 60.0 Å². The number of thiazole rings is 2. The van der Waals surface area contributed by atoms with Crippen LogP contribution in [0.1, 0.15) is 21.2 Å². The van der Waals surface area contributed by atoms with Gasteiger partial charge in [0.25, 0.3) is 5.91 Å². The first-order chi connectivity index (χ1) is 14.1. The van der Waals surface area contributed by atoms with Crippen LogP contribution < -0.4 is 5.32 Å². The van der Waals surface area contributed by atoms with Crippen molar-refractivity contribution in [3.8, 4) is 21.0 Å². The van der Waals surface area contributed by atoms with Gasteiger partial charge in [-0.3, -0.25) is 4.79 Å². The van der Waals surface area contributed by atoms with Gasteiger partial charge in [-0.05, 0) is 24.6 Å². The topological polar surface area (TPSA) is 54.9 Å². The highest BCUT2D eigenvalue weighted by Gasteiger charge is 2.18. The van der Waals surface area contributed by atoms with Crippen molar-refractivity contribution in [2.45, 2.75) is 13.3 Å². The molecule has 146 valence electrons. The quantitative estimate of drug-likeness (QED) is 0.409. The number of carbonyl (C=O) groups is 1. The highest BCUT2D eigenvalue weighted by molar-refractivity contribution is 7.15. The monoisotopic (exact) mass is 439 g/mol. The van der Waals surface area contributed by atoms with Crippen LogP contribution in [-0.4, -0.2) is 22.4 Å². The molecule has 7 heteroatoms. The molecule has 0 aliphatic carbocycles. The lowest BCUT2D eigenvalue weighted by atomic mass is 10.1. The van der Waals surface area contributed by atoms with Gasteiger partial charge in [0.1, 0.15) is 10.7 Å². The predicted molar refractivity (Wildman–Crippen MR) is 121 cm³/mol. The molecule has 0 aliphatic heterocycles. The van der Waals surface area contributed by atoms with E-state index >= 15 is 0 Å². The summed E-state index contributed by atoms with van der Waals surface area (Å²) in [6, 6.07) is 17.5. The predicted octanol–water partition coefficient (Wildman–Crippen LogP) is 5.87. The number of halogens is 1. The molecule has 29 heavy (non-hydrogen) atoms. The summed E-state index contributed by atoms with van der Waals surface area (Å²) in [7, 11) is 0. The number of benzene rings is 2. The van der Waals surface area contributed by atoms with Crippen LogP contribution in [0.4, 0.5) is 0 Å². The lowest BCUT2D eigenvalue weighted by Gasteiger charge is -2.04. The van der Waals surface area contributed by atoms with Gasteiger partial charge in [-0.15, -0.1) is 22.7 Å². The Morgan fingerprint density at radius 3 is 2.55 bits per heavy atom. The zero-order valence-electron chi connectivity index (χ0n) is 15.7. The molecule has 0 bridgehead atoms. The van der Waals surface area contributed by atoms with E-state index in [4.69, 9.17) is 11.6 Å². The maximum absolute atomic E-state index is 12.7. The lowest BCUT2D eigenvalue weighted by Crippen LogP contribution is -2.26. The normalized spacial score (nSPS) is 10.8. The summed E-state index contributed by atoms with van der Waals surface area (Å²) >= 11 is 9.07. The minimum atomic E-state index is -0.152. The number of hydrogen-bond acceptors (Lipinski definition) is 5. The van der Waals surface area contributed by atoms with Gasteiger partial charge in [0.2, 0.25) is 0 Å². The fourth-order valence-electron chi connectivity index (χ4n) is 2.90. The van der Waals surface area contributed by atoms with E-state index in [1.165, 1.54) is 11.3 Å². The van der Waals surface area contributed by atoms with Gasteiger partial charge in [-0.1, -0.05) is 54.1 Å². The van der Waals surface area contributed by atoms with Crippen LogP contribution in [0.25, 0.3) is 21.0 Å². The maximum atomic E-state index is 12.7. The van der Waals surface area contributed by atoms with Crippen LogP contribution in [-0.2, 0) is 6.42 Å². The first kappa shape index (κ1) is 19.8. The van der Waals surface area contributed by atoms with E-state index in [1.807, 2.05) is 66.9 Å². The molecule has 4 rings (SSSR count). The highest BCUT2D eigenvalue weighted by atomic mass is 35.5. The summed E-state index contributed by atoms with van der Waals surface area (Å²) < 4.78 is 0. The zero-order valence-corrected chi connectivity index (χ0v) is 18.1. The van der Waals surface area contributed by atoms with Gasteiger partial charge >= 0.3 is 0 Å². The van der Waals surface area contributed by atoms with E-state index in [1.54, 1.807) is 11.3 Å². The van der Waals surface area contributed by atoms with Crippen LogP contribution in [0.2, 0.25) is 5.02 Å². The second kappa shape index (κ2) is 8.86. The van der Waals surface area contributed by atoms with Gasteiger partial charge in [-0.25, -0.2) is 9.97 Å².